The summed E-state index contributed by atoms with van der Waals surface area (Å²) in [5.41, 5.74) is 2.01. The van der Waals surface area contributed by atoms with Gasteiger partial charge in [-0.25, -0.2) is 0 Å². The smallest absolute Gasteiger partial charge is 0.190 e. The topological polar surface area (TPSA) is 99.6 Å². The second-order valence-corrected chi connectivity index (χ2v) is 5.95. The van der Waals surface area contributed by atoms with Gasteiger partial charge in [0.25, 0.3) is 0 Å². The first-order valence-electron chi connectivity index (χ1n) is 8.36. The molecule has 4 rings (SSSR count). The van der Waals surface area contributed by atoms with E-state index >= 15 is 0 Å². The van der Waals surface area contributed by atoms with E-state index in [1.807, 2.05) is 6.07 Å². The lowest BCUT2D eigenvalue weighted by Gasteiger charge is -2.11. The van der Waals surface area contributed by atoms with E-state index in [1.54, 1.807) is 0 Å². The van der Waals surface area contributed by atoms with Gasteiger partial charge < -0.3 is 19.9 Å². The van der Waals surface area contributed by atoms with Crippen molar-refractivity contribution in [3.8, 4) is 17.2 Å². The zero-order chi connectivity index (χ0) is 18.7. The Hall–Kier alpha value is -3.28. The van der Waals surface area contributed by atoms with Crippen LogP contribution in [-0.4, -0.2) is 33.4 Å². The van der Waals surface area contributed by atoms with Crippen LogP contribution < -0.4 is 4.74 Å². The molecule has 6 nitrogen and oxygen atoms in total. The maximum absolute atomic E-state index is 11.3. The van der Waals surface area contributed by atoms with Gasteiger partial charge in [0.15, 0.2) is 11.6 Å². The number of aromatic amines is 1. The van der Waals surface area contributed by atoms with Crippen LogP contribution in [0.2, 0.25) is 0 Å². The van der Waals surface area contributed by atoms with Crippen molar-refractivity contribution >= 4 is 22.6 Å². The lowest BCUT2D eigenvalue weighted by Crippen LogP contribution is -2.11. The minimum absolute atomic E-state index is 0.127. The summed E-state index contributed by atoms with van der Waals surface area (Å²) in [6, 6.07) is 8.51. The second kappa shape index (κ2) is 7.31. The fraction of sp³-hybridized carbons (Fsp3) is 0.200. The number of nitrogens with one attached hydrogen (secondary N) is 1. The molecule has 0 radical (unpaired) electrons. The quantitative estimate of drug-likeness (QED) is 0.489. The van der Waals surface area contributed by atoms with Crippen molar-refractivity contribution in [1.29, 1.82) is 0 Å². The molecule has 2 heterocycles. The predicted octanol–water partition coefficient (Wildman–Crippen LogP) is 3.82. The maximum atomic E-state index is 11.3. The zero-order valence-electron chi connectivity index (χ0n) is 14.3. The van der Waals surface area contributed by atoms with Crippen LogP contribution in [0.5, 0.6) is 17.2 Å². The molecule has 0 fully saturated rings. The average Bonchev–Trinajstić information content (AvgIpc) is 3.24. The standard InChI is InChI=1S/C10H13NO.C10H6O4/c1-2-3-6-12-10-7-8-4-5-9(10)11-8;11-5-1-2-6(12)10-8(14)4-3-7(13)9(5)10/h4-5,7,11H,2-3,6H2,1H3;1-4,11-12H. The zero-order valence-corrected chi connectivity index (χ0v) is 14.3. The Kier molecular flexibility index (Phi) is 4.93. The number of rotatable bonds is 4. The summed E-state index contributed by atoms with van der Waals surface area (Å²) in [5.74, 6) is -0.539. The van der Waals surface area contributed by atoms with Gasteiger partial charge in [0.1, 0.15) is 17.2 Å². The molecular weight excluding hydrogens is 334 g/mol. The van der Waals surface area contributed by atoms with Gasteiger partial charge in [0.2, 0.25) is 0 Å². The third-order valence-electron chi connectivity index (χ3n) is 4.06. The van der Waals surface area contributed by atoms with Gasteiger partial charge in [-0.2, -0.15) is 0 Å². The van der Waals surface area contributed by atoms with Crippen molar-refractivity contribution in [1.82, 2.24) is 4.98 Å². The van der Waals surface area contributed by atoms with E-state index in [4.69, 9.17) is 4.74 Å². The molecule has 0 atom stereocenters. The lowest BCUT2D eigenvalue weighted by atomic mass is 9.93. The minimum atomic E-state index is -0.479. The number of ether oxygens (including phenoxy) is 1. The van der Waals surface area contributed by atoms with Crippen LogP contribution in [0.25, 0.3) is 11.0 Å². The largest absolute Gasteiger partial charge is 0.507 e. The summed E-state index contributed by atoms with van der Waals surface area (Å²) in [4.78, 5) is 25.8. The van der Waals surface area contributed by atoms with Crippen molar-refractivity contribution in [2.75, 3.05) is 6.61 Å². The number of carbonyl (C=O) groups is 2. The summed E-state index contributed by atoms with van der Waals surface area (Å²) in [6.45, 7) is 2.99. The molecule has 1 aromatic carbocycles. The van der Waals surface area contributed by atoms with Crippen LogP contribution in [0.15, 0.2) is 42.5 Å². The number of aromatic nitrogens is 1. The second-order valence-electron chi connectivity index (χ2n) is 5.95. The van der Waals surface area contributed by atoms with Gasteiger partial charge in [-0.1, -0.05) is 13.3 Å². The van der Waals surface area contributed by atoms with E-state index in [0.717, 1.165) is 42.0 Å². The predicted molar refractivity (Wildman–Crippen MR) is 97.5 cm³/mol. The van der Waals surface area contributed by atoms with E-state index < -0.39 is 11.6 Å². The molecule has 0 aliphatic heterocycles. The Morgan fingerprint density at radius 3 is 2.04 bits per heavy atom. The van der Waals surface area contributed by atoms with Gasteiger partial charge in [0.05, 0.1) is 23.3 Å². The normalized spacial score (nSPS) is 12.8. The number of ketones is 2. The van der Waals surface area contributed by atoms with Gasteiger partial charge in [-0.15, -0.1) is 0 Å². The van der Waals surface area contributed by atoms with Crippen LogP contribution in [0.3, 0.4) is 0 Å². The highest BCUT2D eigenvalue weighted by molar-refractivity contribution is 6.24. The highest BCUT2D eigenvalue weighted by atomic mass is 16.5. The van der Waals surface area contributed by atoms with Crippen LogP contribution in [0, 0.1) is 0 Å². The number of allylic oxidation sites excluding steroid dienone is 2. The first kappa shape index (κ1) is 17.5. The van der Waals surface area contributed by atoms with E-state index in [2.05, 4.69) is 24.0 Å². The molecule has 26 heavy (non-hydrogen) atoms. The molecule has 1 aliphatic rings. The maximum Gasteiger partial charge on any atom is 0.190 e. The number of fused-ring (bicyclic) bond motifs is 3. The van der Waals surface area contributed by atoms with E-state index in [-0.39, 0.29) is 22.6 Å². The summed E-state index contributed by atoms with van der Waals surface area (Å²) in [7, 11) is 0. The SMILES string of the molecule is CCCCOc1cc2ccc1[nH]2.O=C1C=CC(=O)c2c(O)ccc(O)c21. The Bertz CT molecular complexity index is 927. The third-order valence-corrected chi connectivity index (χ3v) is 4.06. The summed E-state index contributed by atoms with van der Waals surface area (Å²) in [5, 5.41) is 18.7. The van der Waals surface area contributed by atoms with Gasteiger partial charge in [-0.05, 0) is 42.8 Å². The number of phenolic OH excluding ortho intramolecular Hbond substituents is 2. The molecule has 1 aliphatic carbocycles. The van der Waals surface area contributed by atoms with Gasteiger partial charge in [-0.3, -0.25) is 9.59 Å². The number of hydrogen-bond donors (Lipinski definition) is 3. The highest BCUT2D eigenvalue weighted by Gasteiger charge is 2.25. The van der Waals surface area contributed by atoms with Gasteiger partial charge in [0, 0.05) is 11.6 Å². The fourth-order valence-electron chi connectivity index (χ4n) is 2.70. The van der Waals surface area contributed by atoms with Crippen molar-refractivity contribution in [2.45, 2.75) is 19.8 Å². The number of phenols is 2. The number of aromatic hydroxyl groups is 2. The Balaban J connectivity index is 0.000000152. The highest BCUT2D eigenvalue weighted by Crippen LogP contribution is 2.32. The molecule has 3 aromatic rings. The molecular formula is C20H19NO5. The number of unbranched alkanes of at least 4 members (excludes halogenated alkanes) is 1. The molecule has 0 saturated carbocycles. The molecule has 0 saturated heterocycles. The van der Waals surface area contributed by atoms with E-state index in [9.17, 15) is 19.8 Å². The van der Waals surface area contributed by atoms with Crippen molar-refractivity contribution in [3.63, 3.8) is 0 Å². The molecule has 3 N–H and O–H groups in total. The molecule has 6 heteroatoms. The number of hydrogen-bond acceptors (Lipinski definition) is 5. The Morgan fingerprint density at radius 2 is 1.58 bits per heavy atom. The number of benzene rings is 2. The third kappa shape index (κ3) is 3.39. The molecule has 0 amide bonds. The van der Waals surface area contributed by atoms with E-state index in [0.29, 0.717) is 0 Å². The minimum Gasteiger partial charge on any atom is -0.507 e. The van der Waals surface area contributed by atoms with Crippen molar-refractivity contribution in [3.05, 3.63) is 53.6 Å². The number of carbonyl (C=O) groups excluding carboxylic acids is 2. The summed E-state index contributed by atoms with van der Waals surface area (Å²) >= 11 is 0. The number of H-pyrrole nitrogens is 1. The van der Waals surface area contributed by atoms with Crippen molar-refractivity contribution < 1.29 is 24.5 Å². The van der Waals surface area contributed by atoms with Gasteiger partial charge >= 0.3 is 0 Å². The van der Waals surface area contributed by atoms with Crippen LogP contribution in [0.4, 0.5) is 0 Å². The first-order chi connectivity index (χ1) is 12.5. The fourth-order valence-corrected chi connectivity index (χ4v) is 2.70. The molecule has 2 aromatic heterocycles. The first-order valence-corrected chi connectivity index (χ1v) is 8.36. The van der Waals surface area contributed by atoms with Crippen LogP contribution in [0.1, 0.15) is 40.5 Å². The Morgan fingerprint density at radius 1 is 0.962 bits per heavy atom. The Labute approximate surface area is 150 Å². The lowest BCUT2D eigenvalue weighted by molar-refractivity contribution is 0.0989. The van der Waals surface area contributed by atoms with Crippen molar-refractivity contribution in [2.24, 2.45) is 0 Å². The summed E-state index contributed by atoms with van der Waals surface area (Å²) < 4.78 is 5.57. The average molecular weight is 353 g/mol. The monoisotopic (exact) mass is 353 g/mol. The molecule has 0 unspecified atom stereocenters. The van der Waals surface area contributed by atoms with E-state index in [1.165, 1.54) is 18.6 Å². The molecule has 2 bridgehead atoms. The molecule has 0 spiro atoms. The summed E-state index contributed by atoms with van der Waals surface area (Å²) in [6.07, 6.45) is 4.46. The molecule has 134 valence electrons. The van der Waals surface area contributed by atoms with Crippen LogP contribution in [-0.2, 0) is 0 Å². The van der Waals surface area contributed by atoms with Crippen LogP contribution >= 0.6 is 0 Å².